The Kier molecular flexibility index (Phi) is 3.03. The predicted molar refractivity (Wildman–Crippen MR) is 66.0 cm³/mol. The normalized spacial score (nSPS) is 24.3. The summed E-state index contributed by atoms with van der Waals surface area (Å²) in [5, 5.41) is 11.5. The zero-order valence-corrected chi connectivity index (χ0v) is 10.7. The van der Waals surface area contributed by atoms with Crippen LogP contribution >= 0.6 is 0 Å². The average Bonchev–Trinajstić information content (AvgIpc) is 3.11. The molecule has 2 heterocycles. The Balaban J connectivity index is 1.58. The fourth-order valence-corrected chi connectivity index (χ4v) is 2.35. The van der Waals surface area contributed by atoms with E-state index in [4.69, 9.17) is 0 Å². The molecule has 18 heavy (non-hydrogen) atoms. The second kappa shape index (κ2) is 4.68. The monoisotopic (exact) mass is 249 g/mol. The van der Waals surface area contributed by atoms with Gasteiger partial charge in [-0.1, -0.05) is 5.21 Å². The van der Waals surface area contributed by atoms with Gasteiger partial charge in [0.2, 0.25) is 5.91 Å². The molecule has 0 spiro atoms. The van der Waals surface area contributed by atoms with Crippen molar-refractivity contribution in [2.24, 2.45) is 0 Å². The second-order valence-corrected chi connectivity index (χ2v) is 5.31. The third-order valence-corrected chi connectivity index (χ3v) is 3.57. The van der Waals surface area contributed by atoms with E-state index in [2.05, 4.69) is 22.6 Å². The molecule has 1 amide bonds. The van der Waals surface area contributed by atoms with Gasteiger partial charge in [-0.05, 0) is 19.8 Å². The van der Waals surface area contributed by atoms with Crippen molar-refractivity contribution in [3.8, 4) is 0 Å². The number of rotatable bonds is 3. The van der Waals surface area contributed by atoms with E-state index in [0.717, 1.165) is 25.3 Å². The molecule has 0 radical (unpaired) electrons. The maximum Gasteiger partial charge on any atom is 0.244 e. The molecule has 1 atom stereocenters. The molecule has 1 N–H and O–H groups in total. The summed E-state index contributed by atoms with van der Waals surface area (Å²) in [4.78, 5) is 14.0. The van der Waals surface area contributed by atoms with Gasteiger partial charge in [-0.3, -0.25) is 4.79 Å². The SMILES string of the molecule is C[C@H]1CN(C(=O)Cn2cc(C3CC3)nn2)CCN1. The Morgan fingerprint density at radius 1 is 1.56 bits per heavy atom. The quantitative estimate of drug-likeness (QED) is 0.817. The van der Waals surface area contributed by atoms with Crippen molar-refractivity contribution in [2.45, 2.75) is 38.3 Å². The highest BCUT2D eigenvalue weighted by Crippen LogP contribution is 2.38. The molecule has 3 rings (SSSR count). The molecular formula is C12H19N5O. The highest BCUT2D eigenvalue weighted by Gasteiger charge is 2.27. The van der Waals surface area contributed by atoms with Crippen LogP contribution in [0.3, 0.4) is 0 Å². The molecule has 1 saturated carbocycles. The van der Waals surface area contributed by atoms with Gasteiger partial charge in [-0.25, -0.2) is 4.68 Å². The topological polar surface area (TPSA) is 63.1 Å². The highest BCUT2D eigenvalue weighted by atomic mass is 16.2. The molecule has 1 aliphatic heterocycles. The van der Waals surface area contributed by atoms with Crippen LogP contribution in [0.4, 0.5) is 0 Å². The van der Waals surface area contributed by atoms with Gasteiger partial charge in [0.05, 0.1) is 5.69 Å². The minimum absolute atomic E-state index is 0.135. The molecule has 2 fully saturated rings. The van der Waals surface area contributed by atoms with Crippen LogP contribution in [-0.2, 0) is 11.3 Å². The van der Waals surface area contributed by atoms with Gasteiger partial charge in [0.25, 0.3) is 0 Å². The van der Waals surface area contributed by atoms with E-state index in [1.165, 1.54) is 12.8 Å². The first-order chi connectivity index (χ1) is 8.72. The van der Waals surface area contributed by atoms with Crippen LogP contribution in [0.5, 0.6) is 0 Å². The molecule has 1 aromatic heterocycles. The minimum Gasteiger partial charge on any atom is -0.338 e. The number of aromatic nitrogens is 3. The Morgan fingerprint density at radius 2 is 2.39 bits per heavy atom. The third kappa shape index (κ3) is 2.53. The molecular weight excluding hydrogens is 230 g/mol. The van der Waals surface area contributed by atoms with Crippen LogP contribution in [0.1, 0.15) is 31.4 Å². The van der Waals surface area contributed by atoms with Gasteiger partial charge in [-0.15, -0.1) is 5.10 Å². The summed E-state index contributed by atoms with van der Waals surface area (Å²) in [7, 11) is 0. The molecule has 98 valence electrons. The lowest BCUT2D eigenvalue weighted by molar-refractivity contribution is -0.133. The molecule has 1 aromatic rings. The summed E-state index contributed by atoms with van der Waals surface area (Å²) in [5.74, 6) is 0.726. The molecule has 0 unspecified atom stereocenters. The number of hydrogen-bond acceptors (Lipinski definition) is 4. The summed E-state index contributed by atoms with van der Waals surface area (Å²) in [6.07, 6.45) is 4.34. The minimum atomic E-state index is 0.135. The van der Waals surface area contributed by atoms with E-state index < -0.39 is 0 Å². The molecule has 0 bridgehead atoms. The van der Waals surface area contributed by atoms with E-state index in [9.17, 15) is 4.79 Å². The number of nitrogens with zero attached hydrogens (tertiary/aromatic N) is 4. The number of carbonyl (C=O) groups excluding carboxylic acids is 1. The fraction of sp³-hybridized carbons (Fsp3) is 0.750. The van der Waals surface area contributed by atoms with Crippen LogP contribution in [0, 0.1) is 0 Å². The van der Waals surface area contributed by atoms with Gasteiger partial charge in [0, 0.05) is 37.8 Å². The first-order valence-electron chi connectivity index (χ1n) is 6.63. The van der Waals surface area contributed by atoms with Gasteiger partial charge >= 0.3 is 0 Å². The predicted octanol–water partition coefficient (Wildman–Crippen LogP) is -0.0242. The zero-order valence-electron chi connectivity index (χ0n) is 10.7. The molecule has 6 heteroatoms. The summed E-state index contributed by atoms with van der Waals surface area (Å²) in [5.41, 5.74) is 1.04. The Hall–Kier alpha value is -1.43. The summed E-state index contributed by atoms with van der Waals surface area (Å²) >= 11 is 0. The van der Waals surface area contributed by atoms with Crippen LogP contribution < -0.4 is 5.32 Å². The number of carbonyl (C=O) groups is 1. The number of hydrogen-bond donors (Lipinski definition) is 1. The van der Waals surface area contributed by atoms with Crippen LogP contribution in [0.25, 0.3) is 0 Å². The lowest BCUT2D eigenvalue weighted by Gasteiger charge is -2.31. The molecule has 1 saturated heterocycles. The third-order valence-electron chi connectivity index (χ3n) is 3.57. The van der Waals surface area contributed by atoms with Gasteiger partial charge in [-0.2, -0.15) is 0 Å². The standard InChI is InChI=1S/C12H19N5O/c1-9-6-16(5-4-13-9)12(18)8-17-7-11(14-15-17)10-2-3-10/h7,9-10,13H,2-6,8H2,1H3/t9-/m0/s1. The van der Waals surface area contributed by atoms with E-state index in [1.54, 1.807) is 4.68 Å². The Labute approximate surface area is 106 Å². The maximum atomic E-state index is 12.1. The van der Waals surface area contributed by atoms with Crippen LogP contribution in [-0.4, -0.2) is 51.5 Å². The second-order valence-electron chi connectivity index (χ2n) is 5.31. The first-order valence-corrected chi connectivity index (χ1v) is 6.63. The largest absolute Gasteiger partial charge is 0.338 e. The van der Waals surface area contributed by atoms with Crippen LogP contribution in [0.15, 0.2) is 6.20 Å². The van der Waals surface area contributed by atoms with Gasteiger partial charge < -0.3 is 10.2 Å². The lowest BCUT2D eigenvalue weighted by Crippen LogP contribution is -2.52. The van der Waals surface area contributed by atoms with Crippen molar-refractivity contribution in [1.29, 1.82) is 0 Å². The molecule has 0 aromatic carbocycles. The summed E-state index contributed by atoms with van der Waals surface area (Å²) < 4.78 is 1.67. The maximum absolute atomic E-state index is 12.1. The van der Waals surface area contributed by atoms with Crippen molar-refractivity contribution in [3.63, 3.8) is 0 Å². The van der Waals surface area contributed by atoms with Crippen LogP contribution in [0.2, 0.25) is 0 Å². The Morgan fingerprint density at radius 3 is 3.11 bits per heavy atom. The van der Waals surface area contributed by atoms with E-state index in [0.29, 0.717) is 18.5 Å². The first kappa shape index (κ1) is 11.6. The van der Waals surface area contributed by atoms with Gasteiger partial charge in [0.1, 0.15) is 6.54 Å². The van der Waals surface area contributed by atoms with Crippen molar-refractivity contribution < 1.29 is 4.79 Å². The lowest BCUT2D eigenvalue weighted by atomic mass is 10.2. The number of nitrogens with one attached hydrogen (secondary N) is 1. The van der Waals surface area contributed by atoms with E-state index >= 15 is 0 Å². The van der Waals surface area contributed by atoms with Crippen molar-refractivity contribution >= 4 is 5.91 Å². The zero-order chi connectivity index (χ0) is 12.5. The number of piperazine rings is 1. The van der Waals surface area contributed by atoms with Crippen molar-refractivity contribution in [2.75, 3.05) is 19.6 Å². The molecule has 6 nitrogen and oxygen atoms in total. The van der Waals surface area contributed by atoms with Gasteiger partial charge in [0.15, 0.2) is 0 Å². The fourth-order valence-electron chi connectivity index (χ4n) is 2.35. The Bertz CT molecular complexity index is 439. The smallest absolute Gasteiger partial charge is 0.244 e. The number of amides is 1. The summed E-state index contributed by atoms with van der Waals surface area (Å²) in [6.45, 7) is 4.85. The van der Waals surface area contributed by atoms with E-state index in [1.807, 2.05) is 11.1 Å². The highest BCUT2D eigenvalue weighted by molar-refractivity contribution is 5.76. The summed E-state index contributed by atoms with van der Waals surface area (Å²) in [6, 6.07) is 0.375. The van der Waals surface area contributed by atoms with Crippen molar-refractivity contribution in [3.05, 3.63) is 11.9 Å². The van der Waals surface area contributed by atoms with Crippen molar-refractivity contribution in [1.82, 2.24) is 25.2 Å². The average molecular weight is 249 g/mol. The molecule has 2 aliphatic rings. The van der Waals surface area contributed by atoms with E-state index in [-0.39, 0.29) is 5.91 Å². The molecule has 1 aliphatic carbocycles.